The molecule has 3 nitrogen and oxygen atoms in total. The summed E-state index contributed by atoms with van der Waals surface area (Å²) in [6.07, 6.45) is 5.56. The molecule has 2 atom stereocenters. The molecule has 0 saturated carbocycles. The number of likely N-dealkylation sites (tertiary alicyclic amines) is 1. The molecular formula is C17H20FN3. The maximum atomic E-state index is 13.9. The number of pyridine rings is 1. The van der Waals surface area contributed by atoms with E-state index in [1.807, 2.05) is 12.1 Å². The third kappa shape index (κ3) is 2.54. The third-order valence-corrected chi connectivity index (χ3v) is 4.80. The number of aromatic nitrogens is 1. The van der Waals surface area contributed by atoms with Gasteiger partial charge in [-0.05, 0) is 43.0 Å². The van der Waals surface area contributed by atoms with Crippen LogP contribution in [0.1, 0.15) is 24.8 Å². The first-order valence-corrected chi connectivity index (χ1v) is 7.80. The Labute approximate surface area is 124 Å². The Hall–Kier alpha value is -1.52. The van der Waals surface area contributed by atoms with Crippen molar-refractivity contribution in [2.24, 2.45) is 0 Å². The standard InChI is InChI=1S/C17H20FN3/c18-16-6-3-12(17-15(16)2-1-8-19-17)10-21-9-7-13-4-5-14(11-21)20-13/h1-3,6,8,13-14,20H,4-5,7,9-11H2. The fraction of sp³-hybridized carbons (Fsp3) is 0.471. The summed E-state index contributed by atoms with van der Waals surface area (Å²) in [5.41, 5.74) is 1.93. The van der Waals surface area contributed by atoms with Crippen molar-refractivity contribution in [3.05, 3.63) is 41.8 Å². The van der Waals surface area contributed by atoms with Gasteiger partial charge in [0.15, 0.2) is 0 Å². The molecule has 2 fully saturated rings. The van der Waals surface area contributed by atoms with Crippen molar-refractivity contribution in [3.63, 3.8) is 0 Å². The van der Waals surface area contributed by atoms with E-state index in [4.69, 9.17) is 0 Å². The van der Waals surface area contributed by atoms with E-state index in [2.05, 4.69) is 15.2 Å². The monoisotopic (exact) mass is 285 g/mol. The number of nitrogens with one attached hydrogen (secondary N) is 1. The molecule has 0 spiro atoms. The van der Waals surface area contributed by atoms with Crippen LogP contribution in [0.5, 0.6) is 0 Å². The topological polar surface area (TPSA) is 28.2 Å². The molecule has 2 bridgehead atoms. The van der Waals surface area contributed by atoms with Crippen LogP contribution >= 0.6 is 0 Å². The first-order chi connectivity index (χ1) is 10.3. The van der Waals surface area contributed by atoms with Gasteiger partial charge in [-0.15, -0.1) is 0 Å². The number of hydrogen-bond donors (Lipinski definition) is 1. The summed E-state index contributed by atoms with van der Waals surface area (Å²) < 4.78 is 13.9. The van der Waals surface area contributed by atoms with E-state index in [1.165, 1.54) is 19.3 Å². The van der Waals surface area contributed by atoms with Crippen LogP contribution in [0.25, 0.3) is 10.9 Å². The van der Waals surface area contributed by atoms with E-state index in [0.717, 1.165) is 30.7 Å². The lowest BCUT2D eigenvalue weighted by molar-refractivity contribution is 0.251. The van der Waals surface area contributed by atoms with E-state index < -0.39 is 0 Å². The molecule has 2 unspecified atom stereocenters. The van der Waals surface area contributed by atoms with Crippen molar-refractivity contribution in [1.29, 1.82) is 0 Å². The quantitative estimate of drug-likeness (QED) is 0.919. The predicted molar refractivity (Wildman–Crippen MR) is 81.5 cm³/mol. The molecule has 2 aliphatic heterocycles. The minimum atomic E-state index is -0.182. The summed E-state index contributed by atoms with van der Waals surface area (Å²) in [6.45, 7) is 3.06. The molecule has 4 heteroatoms. The molecule has 1 N–H and O–H groups in total. The maximum absolute atomic E-state index is 13.9. The maximum Gasteiger partial charge on any atom is 0.132 e. The zero-order valence-corrected chi connectivity index (χ0v) is 12.1. The fourth-order valence-corrected chi connectivity index (χ4v) is 3.72. The van der Waals surface area contributed by atoms with Crippen molar-refractivity contribution in [2.75, 3.05) is 13.1 Å². The summed E-state index contributed by atoms with van der Waals surface area (Å²) in [7, 11) is 0. The van der Waals surface area contributed by atoms with Gasteiger partial charge in [0, 0.05) is 43.3 Å². The largest absolute Gasteiger partial charge is 0.310 e. The minimum Gasteiger partial charge on any atom is -0.310 e. The number of halogens is 1. The van der Waals surface area contributed by atoms with E-state index in [1.54, 1.807) is 18.3 Å². The van der Waals surface area contributed by atoms with Crippen LogP contribution < -0.4 is 5.32 Å². The van der Waals surface area contributed by atoms with Gasteiger partial charge in [0.1, 0.15) is 5.82 Å². The highest BCUT2D eigenvalue weighted by atomic mass is 19.1. The lowest BCUT2D eigenvalue weighted by atomic mass is 10.1. The molecule has 2 aliphatic rings. The van der Waals surface area contributed by atoms with Crippen LogP contribution in [-0.2, 0) is 6.54 Å². The highest BCUT2D eigenvalue weighted by Crippen LogP contribution is 2.24. The summed E-state index contributed by atoms with van der Waals surface area (Å²) in [6, 6.07) is 8.39. The van der Waals surface area contributed by atoms with Crippen LogP contribution in [-0.4, -0.2) is 35.1 Å². The van der Waals surface area contributed by atoms with Gasteiger partial charge in [-0.25, -0.2) is 4.39 Å². The third-order valence-electron chi connectivity index (χ3n) is 4.80. The molecule has 110 valence electrons. The van der Waals surface area contributed by atoms with Crippen molar-refractivity contribution < 1.29 is 4.39 Å². The molecule has 0 amide bonds. The van der Waals surface area contributed by atoms with E-state index in [9.17, 15) is 4.39 Å². The summed E-state index contributed by atoms with van der Waals surface area (Å²) in [5.74, 6) is -0.182. The van der Waals surface area contributed by atoms with Gasteiger partial charge in [0.25, 0.3) is 0 Å². The summed E-state index contributed by atoms with van der Waals surface area (Å²) in [5, 5.41) is 4.33. The Morgan fingerprint density at radius 3 is 3.05 bits per heavy atom. The van der Waals surface area contributed by atoms with Gasteiger partial charge in [0.2, 0.25) is 0 Å². The summed E-state index contributed by atoms with van der Waals surface area (Å²) in [4.78, 5) is 6.88. The smallest absolute Gasteiger partial charge is 0.132 e. The van der Waals surface area contributed by atoms with Crippen LogP contribution in [0.15, 0.2) is 30.5 Å². The lowest BCUT2D eigenvalue weighted by Gasteiger charge is -2.24. The normalized spacial score (nSPS) is 26.1. The average Bonchev–Trinajstić information content (AvgIpc) is 2.84. The molecule has 0 radical (unpaired) electrons. The first-order valence-electron chi connectivity index (χ1n) is 7.80. The predicted octanol–water partition coefficient (Wildman–Crippen LogP) is 2.70. The van der Waals surface area contributed by atoms with Crippen LogP contribution in [0.2, 0.25) is 0 Å². The van der Waals surface area contributed by atoms with E-state index >= 15 is 0 Å². The molecular weight excluding hydrogens is 265 g/mol. The summed E-state index contributed by atoms with van der Waals surface area (Å²) >= 11 is 0. The number of nitrogens with zero attached hydrogens (tertiary/aromatic N) is 2. The zero-order valence-electron chi connectivity index (χ0n) is 12.1. The molecule has 21 heavy (non-hydrogen) atoms. The van der Waals surface area contributed by atoms with Crippen molar-refractivity contribution in [1.82, 2.24) is 15.2 Å². The Kier molecular flexibility index (Phi) is 3.36. The second-order valence-corrected chi connectivity index (χ2v) is 6.27. The Morgan fingerprint density at radius 2 is 2.10 bits per heavy atom. The molecule has 2 aromatic rings. The highest BCUT2D eigenvalue weighted by molar-refractivity contribution is 5.82. The average molecular weight is 285 g/mol. The number of benzene rings is 1. The van der Waals surface area contributed by atoms with Crippen molar-refractivity contribution in [2.45, 2.75) is 37.9 Å². The van der Waals surface area contributed by atoms with Crippen LogP contribution in [0.4, 0.5) is 4.39 Å². The second-order valence-electron chi connectivity index (χ2n) is 6.27. The van der Waals surface area contributed by atoms with Crippen LogP contribution in [0.3, 0.4) is 0 Å². The lowest BCUT2D eigenvalue weighted by Crippen LogP contribution is -2.35. The van der Waals surface area contributed by atoms with Crippen LogP contribution in [0, 0.1) is 5.82 Å². The van der Waals surface area contributed by atoms with Crippen molar-refractivity contribution in [3.8, 4) is 0 Å². The van der Waals surface area contributed by atoms with E-state index in [-0.39, 0.29) is 5.82 Å². The van der Waals surface area contributed by atoms with Gasteiger partial charge < -0.3 is 5.32 Å². The van der Waals surface area contributed by atoms with Gasteiger partial charge in [-0.2, -0.15) is 0 Å². The highest BCUT2D eigenvalue weighted by Gasteiger charge is 2.29. The Bertz CT molecular complexity index is 658. The van der Waals surface area contributed by atoms with Gasteiger partial charge in [0.05, 0.1) is 5.52 Å². The number of hydrogen-bond acceptors (Lipinski definition) is 3. The molecule has 3 heterocycles. The van der Waals surface area contributed by atoms with E-state index in [0.29, 0.717) is 17.5 Å². The SMILES string of the molecule is Fc1ccc(CN2CCC3CCC(C2)N3)c2ncccc12. The Morgan fingerprint density at radius 1 is 1.19 bits per heavy atom. The fourth-order valence-electron chi connectivity index (χ4n) is 3.72. The van der Waals surface area contributed by atoms with Gasteiger partial charge in [-0.1, -0.05) is 6.07 Å². The Balaban J connectivity index is 1.61. The molecule has 4 rings (SSSR count). The molecule has 1 aromatic heterocycles. The van der Waals surface area contributed by atoms with Gasteiger partial charge >= 0.3 is 0 Å². The van der Waals surface area contributed by atoms with Crippen molar-refractivity contribution >= 4 is 10.9 Å². The minimum absolute atomic E-state index is 0.182. The molecule has 2 saturated heterocycles. The number of fused-ring (bicyclic) bond motifs is 3. The van der Waals surface area contributed by atoms with Gasteiger partial charge in [-0.3, -0.25) is 9.88 Å². The molecule has 0 aliphatic carbocycles. The first kappa shape index (κ1) is 13.2. The zero-order chi connectivity index (χ0) is 14.2. The number of rotatable bonds is 2. The molecule has 1 aromatic carbocycles. The second kappa shape index (κ2) is 5.35.